The number of aliphatic hydroxyl groups excluding tert-OH is 4. The average Bonchev–Trinajstić information content (AvgIpc) is 3.00. The Balaban J connectivity index is 1.79. The molecule has 1 aromatic heterocycles. The predicted molar refractivity (Wildman–Crippen MR) is 84.5 cm³/mol. The Morgan fingerprint density at radius 2 is 2.04 bits per heavy atom. The van der Waals surface area contributed by atoms with Crippen LogP contribution in [0.15, 0.2) is 24.3 Å². The van der Waals surface area contributed by atoms with Gasteiger partial charge in [0.1, 0.15) is 30.0 Å². The second-order valence-corrected chi connectivity index (χ2v) is 6.02. The van der Waals surface area contributed by atoms with Crippen molar-refractivity contribution in [1.82, 2.24) is 10.3 Å². The lowest BCUT2D eigenvalue weighted by Gasteiger charge is -2.40. The molecule has 0 spiro atoms. The van der Waals surface area contributed by atoms with Crippen molar-refractivity contribution in [1.29, 1.82) is 0 Å². The van der Waals surface area contributed by atoms with Gasteiger partial charge in [0.25, 0.3) is 5.91 Å². The van der Waals surface area contributed by atoms with Crippen molar-refractivity contribution in [3.05, 3.63) is 35.0 Å². The number of H-pyrrole nitrogens is 1. The SMILES string of the molecule is O=C(NC1C(O)O[C@H](CO)C(O)[C@@H]1O)c1cc2cccc(Cl)c2[nH]1. The first-order valence-electron chi connectivity index (χ1n) is 7.31. The number of carbonyl (C=O) groups is 1. The molecule has 8 nitrogen and oxygen atoms in total. The van der Waals surface area contributed by atoms with Crippen LogP contribution in [0.25, 0.3) is 10.9 Å². The second-order valence-electron chi connectivity index (χ2n) is 5.62. The number of ether oxygens (including phenoxy) is 1. The van der Waals surface area contributed by atoms with E-state index in [2.05, 4.69) is 10.3 Å². The van der Waals surface area contributed by atoms with Crippen LogP contribution in [0.1, 0.15) is 10.5 Å². The summed E-state index contributed by atoms with van der Waals surface area (Å²) in [5, 5.41) is 42.4. The third kappa shape index (κ3) is 3.00. The summed E-state index contributed by atoms with van der Waals surface area (Å²) in [7, 11) is 0. The lowest BCUT2D eigenvalue weighted by Crippen LogP contribution is -2.64. The fourth-order valence-electron chi connectivity index (χ4n) is 2.72. The van der Waals surface area contributed by atoms with Gasteiger partial charge in [0.15, 0.2) is 6.29 Å². The third-order valence-corrected chi connectivity index (χ3v) is 4.36. The van der Waals surface area contributed by atoms with Gasteiger partial charge >= 0.3 is 0 Å². The van der Waals surface area contributed by atoms with Crippen LogP contribution in [0.2, 0.25) is 5.02 Å². The molecule has 6 N–H and O–H groups in total. The number of nitrogens with one attached hydrogen (secondary N) is 2. The lowest BCUT2D eigenvalue weighted by atomic mass is 9.97. The number of amides is 1. The standard InChI is InChI=1S/C15H17ClN2O6/c16-7-3-1-2-6-4-8(17-10(6)7)14(22)18-11-13(21)12(20)9(5-19)24-15(11)23/h1-4,9,11-13,15,17,19-21,23H,5H2,(H,18,22)/t9-,11?,12?,13-,15?/m1/s1. The quantitative estimate of drug-likeness (QED) is 0.433. The van der Waals surface area contributed by atoms with Crippen molar-refractivity contribution < 1.29 is 30.0 Å². The van der Waals surface area contributed by atoms with Crippen LogP contribution in [0.5, 0.6) is 0 Å². The minimum atomic E-state index is -1.57. The summed E-state index contributed by atoms with van der Waals surface area (Å²) in [4.78, 5) is 15.2. The van der Waals surface area contributed by atoms with Crippen LogP contribution in [-0.2, 0) is 4.74 Å². The molecule has 0 bridgehead atoms. The Morgan fingerprint density at radius 1 is 1.29 bits per heavy atom. The molecule has 1 saturated heterocycles. The first-order valence-corrected chi connectivity index (χ1v) is 7.68. The van der Waals surface area contributed by atoms with Crippen LogP contribution >= 0.6 is 11.6 Å². The molecular formula is C15H17ClN2O6. The number of hydrogen-bond donors (Lipinski definition) is 6. The summed E-state index contributed by atoms with van der Waals surface area (Å²) >= 11 is 6.04. The van der Waals surface area contributed by atoms with E-state index in [0.717, 1.165) is 5.39 Å². The van der Waals surface area contributed by atoms with Crippen LogP contribution in [0, 0.1) is 0 Å². The zero-order valence-electron chi connectivity index (χ0n) is 12.4. The average molecular weight is 357 g/mol. The highest BCUT2D eigenvalue weighted by Crippen LogP contribution is 2.24. The number of rotatable bonds is 3. The van der Waals surface area contributed by atoms with E-state index in [1.54, 1.807) is 24.3 Å². The fourth-order valence-corrected chi connectivity index (χ4v) is 2.95. The maximum Gasteiger partial charge on any atom is 0.268 e. The highest BCUT2D eigenvalue weighted by molar-refractivity contribution is 6.35. The van der Waals surface area contributed by atoms with E-state index in [4.69, 9.17) is 21.4 Å². The molecule has 0 saturated carbocycles. The van der Waals surface area contributed by atoms with Gasteiger partial charge in [-0.3, -0.25) is 4.79 Å². The molecule has 0 aliphatic carbocycles. The Hall–Kier alpha value is -1.68. The van der Waals surface area contributed by atoms with E-state index in [1.807, 2.05) is 0 Å². The van der Waals surface area contributed by atoms with Gasteiger partial charge in [-0.2, -0.15) is 0 Å². The van der Waals surface area contributed by atoms with E-state index < -0.39 is 43.2 Å². The first kappa shape index (κ1) is 17.2. The molecule has 3 unspecified atom stereocenters. The van der Waals surface area contributed by atoms with Gasteiger partial charge in [-0.1, -0.05) is 23.7 Å². The van der Waals surface area contributed by atoms with Crippen molar-refractivity contribution in [3.8, 4) is 0 Å². The van der Waals surface area contributed by atoms with Crippen LogP contribution in [0.4, 0.5) is 0 Å². The van der Waals surface area contributed by atoms with Gasteiger partial charge < -0.3 is 35.5 Å². The van der Waals surface area contributed by atoms with E-state index in [0.29, 0.717) is 10.5 Å². The van der Waals surface area contributed by atoms with Crippen LogP contribution in [0.3, 0.4) is 0 Å². The molecule has 9 heteroatoms. The molecule has 24 heavy (non-hydrogen) atoms. The van der Waals surface area contributed by atoms with E-state index in [1.165, 1.54) is 0 Å². The molecule has 1 aromatic carbocycles. The summed E-state index contributed by atoms with van der Waals surface area (Å²) in [5.41, 5.74) is 0.766. The monoisotopic (exact) mass is 356 g/mol. The Morgan fingerprint density at radius 3 is 2.71 bits per heavy atom. The highest BCUT2D eigenvalue weighted by atomic mass is 35.5. The molecule has 1 aliphatic rings. The number of aromatic amines is 1. The second kappa shape index (κ2) is 6.67. The number of halogens is 1. The fraction of sp³-hybridized carbons (Fsp3) is 0.400. The normalized spacial score (nSPS) is 30.5. The molecule has 0 radical (unpaired) electrons. The first-order chi connectivity index (χ1) is 11.4. The van der Waals surface area contributed by atoms with Crippen molar-refractivity contribution in [2.45, 2.75) is 30.6 Å². The highest BCUT2D eigenvalue weighted by Gasteiger charge is 2.44. The van der Waals surface area contributed by atoms with Crippen molar-refractivity contribution >= 4 is 28.4 Å². The number of hydrogen-bond acceptors (Lipinski definition) is 6. The van der Waals surface area contributed by atoms with Gasteiger partial charge in [0.05, 0.1) is 17.1 Å². The largest absolute Gasteiger partial charge is 0.394 e. The summed E-state index contributed by atoms with van der Waals surface area (Å²) < 4.78 is 5.00. The van der Waals surface area contributed by atoms with Crippen molar-refractivity contribution in [3.63, 3.8) is 0 Å². The molecular weight excluding hydrogens is 340 g/mol. The maximum absolute atomic E-state index is 12.3. The molecule has 2 aromatic rings. The zero-order valence-corrected chi connectivity index (χ0v) is 13.1. The number of benzene rings is 1. The van der Waals surface area contributed by atoms with Crippen molar-refractivity contribution in [2.75, 3.05) is 6.61 Å². The van der Waals surface area contributed by atoms with Gasteiger partial charge in [-0.05, 0) is 12.1 Å². The van der Waals surface area contributed by atoms with E-state index in [9.17, 15) is 20.1 Å². The summed E-state index contributed by atoms with van der Waals surface area (Å²) in [6.45, 7) is -0.573. The molecule has 130 valence electrons. The predicted octanol–water partition coefficient (Wildman–Crippen LogP) is -0.649. The van der Waals surface area contributed by atoms with Crippen molar-refractivity contribution in [2.24, 2.45) is 0 Å². The Bertz CT molecular complexity index is 751. The summed E-state index contributed by atoms with van der Waals surface area (Å²) in [5.74, 6) is -0.608. The third-order valence-electron chi connectivity index (χ3n) is 4.05. The molecule has 5 atom stereocenters. The van der Waals surface area contributed by atoms with Gasteiger partial charge in [-0.15, -0.1) is 0 Å². The molecule has 1 amide bonds. The molecule has 2 heterocycles. The zero-order chi connectivity index (χ0) is 17.4. The minimum absolute atomic E-state index is 0.177. The minimum Gasteiger partial charge on any atom is -0.394 e. The molecule has 1 aliphatic heterocycles. The Labute approximate surface area is 141 Å². The van der Waals surface area contributed by atoms with Crippen LogP contribution < -0.4 is 5.32 Å². The van der Waals surface area contributed by atoms with Crippen LogP contribution in [-0.4, -0.2) is 68.6 Å². The molecule has 3 rings (SSSR count). The number of carbonyl (C=O) groups excluding carboxylic acids is 1. The van der Waals surface area contributed by atoms with E-state index in [-0.39, 0.29) is 5.69 Å². The number of aromatic nitrogens is 1. The topological polar surface area (TPSA) is 135 Å². The smallest absolute Gasteiger partial charge is 0.268 e. The van der Waals surface area contributed by atoms with Gasteiger partial charge in [-0.25, -0.2) is 0 Å². The van der Waals surface area contributed by atoms with Gasteiger partial charge in [0, 0.05) is 5.39 Å². The number of fused-ring (bicyclic) bond motifs is 1. The number of aliphatic hydroxyl groups is 4. The molecule has 1 fully saturated rings. The summed E-state index contributed by atoms with van der Waals surface area (Å²) in [6, 6.07) is 5.52. The lowest BCUT2D eigenvalue weighted by molar-refractivity contribution is -0.252. The maximum atomic E-state index is 12.3. The summed E-state index contributed by atoms with van der Waals surface area (Å²) in [6.07, 6.45) is -5.64. The number of para-hydroxylation sites is 1. The Kier molecular flexibility index (Phi) is 4.77. The van der Waals surface area contributed by atoms with Gasteiger partial charge in [0.2, 0.25) is 0 Å². The van der Waals surface area contributed by atoms with E-state index >= 15 is 0 Å².